The number of halogens is 1. The number of fused-ring (bicyclic) bond motifs is 2. The number of thiophene rings is 1. The number of benzene rings is 2. The Morgan fingerprint density at radius 2 is 1.80 bits per heavy atom. The average Bonchev–Trinajstić information content (AvgIpc) is 3.23. The molecule has 3 heterocycles. The average molecular weight is 436 g/mol. The summed E-state index contributed by atoms with van der Waals surface area (Å²) in [4.78, 5) is 37.3. The Bertz CT molecular complexity index is 1510. The lowest BCUT2D eigenvalue weighted by Gasteiger charge is -2.13. The maximum atomic E-state index is 13.4. The highest BCUT2D eigenvalue weighted by Crippen LogP contribution is 2.24. The molecule has 0 aliphatic carbocycles. The molecule has 2 aromatic carbocycles. The Labute approximate surface area is 177 Å². The third kappa shape index (κ3) is 3.31. The number of para-hydroxylation sites is 1. The van der Waals surface area contributed by atoms with E-state index in [9.17, 15) is 14.0 Å². The molecule has 3 aromatic heterocycles. The van der Waals surface area contributed by atoms with Crippen LogP contribution in [0, 0.1) is 5.82 Å². The molecule has 5 rings (SSSR count). The van der Waals surface area contributed by atoms with Gasteiger partial charge in [0, 0.05) is 0 Å². The Hall–Kier alpha value is -3.30. The van der Waals surface area contributed by atoms with E-state index < -0.39 is 0 Å². The Balaban J connectivity index is 1.61. The van der Waals surface area contributed by atoms with Gasteiger partial charge in [0.15, 0.2) is 5.16 Å². The van der Waals surface area contributed by atoms with Crippen molar-refractivity contribution in [2.45, 2.75) is 10.9 Å². The molecule has 0 fully saturated rings. The van der Waals surface area contributed by atoms with Gasteiger partial charge >= 0.3 is 0 Å². The molecular weight excluding hydrogens is 423 g/mol. The van der Waals surface area contributed by atoms with Crippen LogP contribution in [0.25, 0.3) is 26.8 Å². The van der Waals surface area contributed by atoms with Crippen molar-refractivity contribution >= 4 is 44.2 Å². The highest BCUT2D eigenvalue weighted by Gasteiger charge is 2.14. The molecule has 0 saturated heterocycles. The van der Waals surface area contributed by atoms with Gasteiger partial charge in [-0.3, -0.25) is 14.2 Å². The van der Waals surface area contributed by atoms with Crippen molar-refractivity contribution in [1.29, 1.82) is 0 Å². The fourth-order valence-corrected chi connectivity index (χ4v) is 4.76. The summed E-state index contributed by atoms with van der Waals surface area (Å²) in [5.74, 6) is 0.414. The van der Waals surface area contributed by atoms with Gasteiger partial charge in [-0.15, -0.1) is 11.3 Å². The van der Waals surface area contributed by atoms with Crippen LogP contribution in [-0.2, 0) is 5.75 Å². The molecule has 6 nitrogen and oxygen atoms in total. The van der Waals surface area contributed by atoms with E-state index in [-0.39, 0.29) is 16.9 Å². The van der Waals surface area contributed by atoms with Crippen LogP contribution in [0.3, 0.4) is 0 Å². The molecular formula is C21H13FN4O2S2. The predicted octanol–water partition coefficient (Wildman–Crippen LogP) is 4.12. The van der Waals surface area contributed by atoms with Crippen LogP contribution in [0.1, 0.15) is 5.82 Å². The minimum atomic E-state index is -0.388. The zero-order valence-electron chi connectivity index (χ0n) is 15.3. The summed E-state index contributed by atoms with van der Waals surface area (Å²) < 4.78 is 15.4. The number of thioether (sulfide) groups is 1. The van der Waals surface area contributed by atoms with Gasteiger partial charge in [-0.05, 0) is 47.8 Å². The maximum absolute atomic E-state index is 13.4. The van der Waals surface area contributed by atoms with Gasteiger partial charge in [0.1, 0.15) is 16.3 Å². The van der Waals surface area contributed by atoms with Gasteiger partial charge < -0.3 is 4.98 Å². The van der Waals surface area contributed by atoms with Crippen molar-refractivity contribution < 1.29 is 4.39 Å². The molecule has 0 atom stereocenters. The summed E-state index contributed by atoms with van der Waals surface area (Å²) >= 11 is 2.62. The number of H-pyrrole nitrogens is 1. The SMILES string of the molecule is O=c1[nH]c(CSc2nc3ccccc3c(=O)n2-c2ccc(F)cc2)nc2ccsc12. The molecule has 9 heteroatoms. The minimum absolute atomic E-state index is 0.187. The second-order valence-corrected chi connectivity index (χ2v) is 8.32. The van der Waals surface area contributed by atoms with Crippen molar-refractivity contribution in [3.63, 3.8) is 0 Å². The molecule has 0 saturated carbocycles. The van der Waals surface area contributed by atoms with Crippen LogP contribution in [-0.4, -0.2) is 19.5 Å². The van der Waals surface area contributed by atoms with Gasteiger partial charge in [-0.25, -0.2) is 14.4 Å². The van der Waals surface area contributed by atoms with Gasteiger partial charge in [0.2, 0.25) is 0 Å². The Kier molecular flexibility index (Phi) is 4.68. The molecule has 0 bridgehead atoms. The highest BCUT2D eigenvalue weighted by molar-refractivity contribution is 7.98. The molecule has 1 N–H and O–H groups in total. The molecule has 0 radical (unpaired) electrons. The Morgan fingerprint density at radius 1 is 1.00 bits per heavy atom. The zero-order valence-corrected chi connectivity index (χ0v) is 17.0. The van der Waals surface area contributed by atoms with E-state index in [0.29, 0.717) is 43.5 Å². The monoisotopic (exact) mass is 436 g/mol. The summed E-state index contributed by atoms with van der Waals surface area (Å²) in [7, 11) is 0. The van der Waals surface area contributed by atoms with Crippen molar-refractivity contribution in [2.24, 2.45) is 0 Å². The topological polar surface area (TPSA) is 80.6 Å². The lowest BCUT2D eigenvalue weighted by atomic mass is 10.2. The van der Waals surface area contributed by atoms with E-state index in [4.69, 9.17) is 0 Å². The van der Waals surface area contributed by atoms with Crippen LogP contribution in [0.2, 0.25) is 0 Å². The Morgan fingerprint density at radius 3 is 2.63 bits per heavy atom. The van der Waals surface area contributed by atoms with E-state index >= 15 is 0 Å². The second kappa shape index (κ2) is 7.51. The lowest BCUT2D eigenvalue weighted by molar-refractivity contribution is 0.627. The predicted molar refractivity (Wildman–Crippen MR) is 117 cm³/mol. The summed E-state index contributed by atoms with van der Waals surface area (Å²) in [6.45, 7) is 0. The molecule has 0 aliphatic heterocycles. The van der Waals surface area contributed by atoms with Crippen LogP contribution in [0.4, 0.5) is 4.39 Å². The van der Waals surface area contributed by atoms with Gasteiger partial charge in [0.25, 0.3) is 11.1 Å². The second-order valence-electron chi connectivity index (χ2n) is 6.46. The molecule has 5 aromatic rings. The molecule has 0 aliphatic rings. The molecule has 0 amide bonds. The van der Waals surface area contributed by atoms with Crippen LogP contribution < -0.4 is 11.1 Å². The normalized spacial score (nSPS) is 11.4. The lowest BCUT2D eigenvalue weighted by Crippen LogP contribution is -2.22. The fourth-order valence-electron chi connectivity index (χ4n) is 3.15. The number of rotatable bonds is 4. The maximum Gasteiger partial charge on any atom is 0.268 e. The number of hydrogen-bond acceptors (Lipinski definition) is 6. The standard InChI is InChI=1S/C21H13FN4O2S2/c22-12-5-7-13(8-6-12)26-20(28)14-3-1-2-4-15(14)24-21(26)30-11-17-23-16-9-10-29-18(16)19(27)25-17/h1-10H,11H2,(H,23,25,27). The largest absolute Gasteiger partial charge is 0.309 e. The van der Waals surface area contributed by atoms with E-state index in [0.717, 1.165) is 0 Å². The van der Waals surface area contributed by atoms with Crippen LogP contribution >= 0.6 is 23.1 Å². The fraction of sp³-hybridized carbons (Fsp3) is 0.0476. The van der Waals surface area contributed by atoms with Gasteiger partial charge in [-0.1, -0.05) is 23.9 Å². The summed E-state index contributed by atoms with van der Waals surface area (Å²) in [5.41, 5.74) is 1.29. The third-order valence-electron chi connectivity index (χ3n) is 4.53. The van der Waals surface area contributed by atoms with E-state index in [1.807, 2.05) is 11.4 Å². The number of nitrogens with zero attached hydrogens (tertiary/aromatic N) is 3. The smallest absolute Gasteiger partial charge is 0.268 e. The quantitative estimate of drug-likeness (QED) is 0.339. The van der Waals surface area contributed by atoms with Crippen molar-refractivity contribution in [3.05, 3.63) is 92.3 Å². The van der Waals surface area contributed by atoms with Gasteiger partial charge in [0.05, 0.1) is 27.9 Å². The number of hydrogen-bond donors (Lipinski definition) is 1. The van der Waals surface area contributed by atoms with E-state index in [2.05, 4.69) is 15.0 Å². The first kappa shape index (κ1) is 18.7. The van der Waals surface area contributed by atoms with Crippen LogP contribution in [0.5, 0.6) is 0 Å². The molecule has 0 spiro atoms. The van der Waals surface area contributed by atoms with Gasteiger partial charge in [-0.2, -0.15) is 0 Å². The zero-order chi connectivity index (χ0) is 20.7. The van der Waals surface area contributed by atoms with E-state index in [1.165, 1.54) is 51.9 Å². The molecule has 0 unspecified atom stereocenters. The molecule has 30 heavy (non-hydrogen) atoms. The first-order chi connectivity index (χ1) is 14.6. The first-order valence-corrected chi connectivity index (χ1v) is 10.8. The third-order valence-corrected chi connectivity index (χ3v) is 6.38. The van der Waals surface area contributed by atoms with E-state index in [1.54, 1.807) is 24.3 Å². The first-order valence-electron chi connectivity index (χ1n) is 8.97. The van der Waals surface area contributed by atoms with Crippen molar-refractivity contribution in [2.75, 3.05) is 0 Å². The summed E-state index contributed by atoms with van der Waals surface area (Å²) in [5, 5.41) is 2.72. The minimum Gasteiger partial charge on any atom is -0.309 e. The molecule has 148 valence electrons. The van der Waals surface area contributed by atoms with Crippen LogP contribution in [0.15, 0.2) is 74.7 Å². The summed E-state index contributed by atoms with van der Waals surface area (Å²) in [6.07, 6.45) is 0. The van der Waals surface area contributed by atoms with Crippen molar-refractivity contribution in [3.8, 4) is 5.69 Å². The highest BCUT2D eigenvalue weighted by atomic mass is 32.2. The summed E-state index contributed by atoms with van der Waals surface area (Å²) in [6, 6.07) is 14.5. The number of aromatic nitrogens is 4. The number of aromatic amines is 1. The van der Waals surface area contributed by atoms with Crippen molar-refractivity contribution in [1.82, 2.24) is 19.5 Å². The number of nitrogens with one attached hydrogen (secondary N) is 1.